The molecule has 24 heavy (non-hydrogen) atoms. The number of nitrogens with one attached hydrogen (secondary N) is 1. The molecular weight excluding hydrogens is 328 g/mol. The van der Waals surface area contributed by atoms with Gasteiger partial charge >= 0.3 is 0 Å². The summed E-state index contributed by atoms with van der Waals surface area (Å²) in [6.45, 7) is 4.11. The lowest BCUT2D eigenvalue weighted by Gasteiger charge is -2.22. The maximum absolute atomic E-state index is 12.4. The third kappa shape index (κ3) is 3.65. The van der Waals surface area contributed by atoms with Crippen LogP contribution in [-0.4, -0.2) is 41.3 Å². The Morgan fingerprint density at radius 2 is 2.38 bits per heavy atom. The number of rotatable bonds is 5. The molecule has 1 saturated heterocycles. The third-order valence-corrected chi connectivity index (χ3v) is 5.06. The normalized spacial score (nSPS) is 20.3. The maximum Gasteiger partial charge on any atom is 0.293 e. The molecule has 1 aliphatic rings. The lowest BCUT2D eigenvalue weighted by atomic mass is 9.90. The fourth-order valence-corrected chi connectivity index (χ4v) is 3.39. The largest absolute Gasteiger partial charge is 0.459 e. The zero-order valence-electron chi connectivity index (χ0n) is 13.4. The van der Waals surface area contributed by atoms with Crippen LogP contribution in [0.15, 0.2) is 28.2 Å². The van der Waals surface area contributed by atoms with Crippen molar-refractivity contribution in [1.82, 2.24) is 9.88 Å². The number of anilines is 1. The van der Waals surface area contributed by atoms with Gasteiger partial charge in [-0.3, -0.25) is 14.9 Å². The van der Waals surface area contributed by atoms with E-state index in [0.29, 0.717) is 23.9 Å². The van der Waals surface area contributed by atoms with Crippen molar-refractivity contribution in [2.75, 3.05) is 25.0 Å². The van der Waals surface area contributed by atoms with Crippen molar-refractivity contribution in [2.24, 2.45) is 11.1 Å². The van der Waals surface area contributed by atoms with E-state index in [1.165, 1.54) is 17.6 Å². The second kappa shape index (κ2) is 6.74. The molecule has 0 radical (unpaired) electrons. The van der Waals surface area contributed by atoms with E-state index in [0.717, 1.165) is 13.0 Å². The maximum atomic E-state index is 12.4. The van der Waals surface area contributed by atoms with E-state index in [9.17, 15) is 9.59 Å². The molecule has 2 amide bonds. The number of furan rings is 1. The number of hydrogen-bond acceptors (Lipinski definition) is 6. The molecule has 3 rings (SSSR count). The first-order valence-electron chi connectivity index (χ1n) is 7.76. The van der Waals surface area contributed by atoms with Crippen molar-refractivity contribution in [3.8, 4) is 0 Å². The van der Waals surface area contributed by atoms with Crippen LogP contribution in [0.25, 0.3) is 0 Å². The zero-order valence-corrected chi connectivity index (χ0v) is 14.3. The van der Waals surface area contributed by atoms with Crippen LogP contribution in [0.2, 0.25) is 0 Å². The van der Waals surface area contributed by atoms with Crippen LogP contribution in [0.3, 0.4) is 0 Å². The number of carbonyl (C=O) groups is 2. The lowest BCUT2D eigenvalue weighted by Crippen LogP contribution is -2.35. The number of aromatic nitrogens is 1. The molecule has 1 unspecified atom stereocenters. The number of amides is 2. The average Bonchev–Trinajstić information content (AvgIpc) is 3.28. The summed E-state index contributed by atoms with van der Waals surface area (Å²) in [4.78, 5) is 30.4. The van der Waals surface area contributed by atoms with Gasteiger partial charge in [0.1, 0.15) is 0 Å². The quantitative estimate of drug-likeness (QED) is 0.857. The molecule has 1 aliphatic heterocycles. The fourth-order valence-electron chi connectivity index (χ4n) is 2.68. The van der Waals surface area contributed by atoms with Gasteiger partial charge in [0.15, 0.2) is 10.9 Å². The third-order valence-electron chi connectivity index (χ3n) is 4.25. The van der Waals surface area contributed by atoms with E-state index in [1.807, 2.05) is 4.90 Å². The summed E-state index contributed by atoms with van der Waals surface area (Å²) in [5.41, 5.74) is 6.44. The molecule has 0 aliphatic carbocycles. The van der Waals surface area contributed by atoms with Crippen molar-refractivity contribution in [3.63, 3.8) is 0 Å². The Balaban J connectivity index is 1.56. The van der Waals surface area contributed by atoms with Gasteiger partial charge in [-0.15, -0.1) is 11.3 Å². The number of nitrogens with zero attached hydrogens (tertiary/aromatic N) is 2. The first kappa shape index (κ1) is 16.7. The van der Waals surface area contributed by atoms with E-state index in [-0.39, 0.29) is 29.4 Å². The first-order chi connectivity index (χ1) is 11.5. The van der Waals surface area contributed by atoms with Gasteiger partial charge in [-0.25, -0.2) is 4.98 Å². The predicted octanol–water partition coefficient (Wildman–Crippen LogP) is 1.73. The molecule has 2 aromatic rings. The standard InChI is InChI=1S/C16H20N4O3S/c1-16(9-17)4-5-20(10-16)13(21)7-11-8-24-15(18-11)19-14(22)12-3-2-6-23-12/h2-3,6,8H,4-5,7,9-10,17H2,1H3,(H,18,19,22). The molecule has 0 bridgehead atoms. The Bertz CT molecular complexity index is 728. The fraction of sp³-hybridized carbons (Fsp3) is 0.438. The zero-order chi connectivity index (χ0) is 17.2. The Morgan fingerprint density at radius 3 is 3.04 bits per heavy atom. The molecule has 3 heterocycles. The minimum Gasteiger partial charge on any atom is -0.459 e. The van der Waals surface area contributed by atoms with Gasteiger partial charge in [-0.1, -0.05) is 6.92 Å². The van der Waals surface area contributed by atoms with E-state index < -0.39 is 0 Å². The Hall–Kier alpha value is -2.19. The highest BCUT2D eigenvalue weighted by molar-refractivity contribution is 7.14. The van der Waals surface area contributed by atoms with Gasteiger partial charge in [0.2, 0.25) is 5.91 Å². The molecule has 8 heteroatoms. The van der Waals surface area contributed by atoms with Crippen LogP contribution >= 0.6 is 11.3 Å². The van der Waals surface area contributed by atoms with E-state index in [1.54, 1.807) is 17.5 Å². The highest BCUT2D eigenvalue weighted by atomic mass is 32.1. The second-order valence-corrected chi connectivity index (χ2v) is 7.19. The molecule has 1 fully saturated rings. The van der Waals surface area contributed by atoms with Crippen LogP contribution in [0, 0.1) is 5.41 Å². The van der Waals surface area contributed by atoms with Crippen molar-refractivity contribution in [3.05, 3.63) is 35.2 Å². The van der Waals surface area contributed by atoms with Gasteiger partial charge < -0.3 is 15.1 Å². The first-order valence-corrected chi connectivity index (χ1v) is 8.64. The Morgan fingerprint density at radius 1 is 1.54 bits per heavy atom. The highest BCUT2D eigenvalue weighted by Crippen LogP contribution is 2.29. The van der Waals surface area contributed by atoms with E-state index >= 15 is 0 Å². The number of thiazole rings is 1. The molecule has 2 aromatic heterocycles. The molecule has 7 nitrogen and oxygen atoms in total. The molecular formula is C16H20N4O3S. The van der Waals surface area contributed by atoms with Crippen molar-refractivity contribution in [2.45, 2.75) is 19.8 Å². The summed E-state index contributed by atoms with van der Waals surface area (Å²) in [7, 11) is 0. The van der Waals surface area contributed by atoms with Crippen LogP contribution < -0.4 is 11.1 Å². The minimum atomic E-state index is -0.356. The van der Waals surface area contributed by atoms with E-state index in [4.69, 9.17) is 10.2 Å². The summed E-state index contributed by atoms with van der Waals surface area (Å²) in [5.74, 6) is -0.0900. The number of likely N-dealkylation sites (tertiary alicyclic amines) is 1. The second-order valence-electron chi connectivity index (χ2n) is 6.33. The van der Waals surface area contributed by atoms with Crippen molar-refractivity contribution >= 4 is 28.3 Å². The summed E-state index contributed by atoms with van der Waals surface area (Å²) in [6.07, 6.45) is 2.59. The molecule has 0 saturated carbocycles. The monoisotopic (exact) mass is 348 g/mol. The molecule has 0 spiro atoms. The van der Waals surface area contributed by atoms with E-state index in [2.05, 4.69) is 17.2 Å². The van der Waals surface area contributed by atoms with Crippen molar-refractivity contribution in [1.29, 1.82) is 0 Å². The minimum absolute atomic E-state index is 0.0138. The highest BCUT2D eigenvalue weighted by Gasteiger charge is 2.34. The molecule has 1 atom stereocenters. The van der Waals surface area contributed by atoms with Crippen LogP contribution in [0.5, 0.6) is 0 Å². The number of nitrogens with two attached hydrogens (primary N) is 1. The SMILES string of the molecule is CC1(CN)CCN(C(=O)Cc2csc(NC(=O)c3ccco3)n2)C1. The van der Waals surface area contributed by atoms with Gasteiger partial charge in [0.25, 0.3) is 5.91 Å². The van der Waals surface area contributed by atoms with Crippen LogP contribution in [-0.2, 0) is 11.2 Å². The van der Waals surface area contributed by atoms with Crippen LogP contribution in [0.4, 0.5) is 5.13 Å². The van der Waals surface area contributed by atoms with Crippen LogP contribution in [0.1, 0.15) is 29.6 Å². The summed E-state index contributed by atoms with van der Waals surface area (Å²) >= 11 is 1.29. The number of hydrogen-bond donors (Lipinski definition) is 2. The molecule has 128 valence electrons. The predicted molar refractivity (Wildman–Crippen MR) is 90.8 cm³/mol. The lowest BCUT2D eigenvalue weighted by molar-refractivity contribution is -0.129. The van der Waals surface area contributed by atoms with Gasteiger partial charge in [-0.2, -0.15) is 0 Å². The Kier molecular flexibility index (Phi) is 4.68. The topological polar surface area (TPSA) is 101 Å². The van der Waals surface area contributed by atoms with Gasteiger partial charge in [-0.05, 0) is 30.5 Å². The van der Waals surface area contributed by atoms with Gasteiger partial charge in [0.05, 0.1) is 18.4 Å². The molecule has 3 N–H and O–H groups in total. The van der Waals surface area contributed by atoms with Crippen molar-refractivity contribution < 1.29 is 14.0 Å². The van der Waals surface area contributed by atoms with Gasteiger partial charge in [0, 0.05) is 18.5 Å². The number of carbonyl (C=O) groups excluding carboxylic acids is 2. The Labute approximate surface area is 143 Å². The summed E-state index contributed by atoms with van der Waals surface area (Å²) in [6, 6.07) is 3.22. The average molecular weight is 348 g/mol. The smallest absolute Gasteiger partial charge is 0.293 e. The summed E-state index contributed by atoms with van der Waals surface area (Å²) < 4.78 is 5.03. The molecule has 0 aromatic carbocycles. The summed E-state index contributed by atoms with van der Waals surface area (Å²) in [5, 5.41) is 4.90.